The number of cyclic esters (lactones) is 1. The molecule has 20 heteroatoms. The minimum atomic E-state index is -2.03. The van der Waals surface area contributed by atoms with Crippen LogP contribution in [0.1, 0.15) is 41.2 Å². The number of carbonyl (C=O) groups is 6. The van der Waals surface area contributed by atoms with E-state index in [0.29, 0.717) is 60.7 Å². The molecule has 3 aliphatic rings. The second-order valence-electron chi connectivity index (χ2n) is 14.8. The Morgan fingerprint density at radius 1 is 0.934 bits per heavy atom. The molecule has 2 aromatic heterocycles. The van der Waals surface area contributed by atoms with Crippen molar-refractivity contribution in [3.05, 3.63) is 92.5 Å². The molecule has 0 spiro atoms. The number of fused-ring (bicyclic) bond motifs is 5. The maximum Gasteiger partial charge on any atom is 0.405 e. The highest BCUT2D eigenvalue weighted by atomic mass is 19.1. The van der Waals surface area contributed by atoms with Crippen LogP contribution in [0.15, 0.2) is 53.3 Å². The van der Waals surface area contributed by atoms with E-state index in [9.17, 15) is 38.7 Å². The number of esters is 1. The smallest absolute Gasteiger partial charge is 0.405 e. The highest BCUT2D eigenvalue weighted by Crippen LogP contribution is 2.41. The quantitative estimate of drug-likeness (QED) is 0.0740. The molecule has 0 saturated carbocycles. The van der Waals surface area contributed by atoms with Gasteiger partial charge in [-0.1, -0.05) is 37.3 Å². The second kappa shape index (κ2) is 17.8. The molecule has 0 aliphatic carbocycles. The predicted molar refractivity (Wildman–Crippen MR) is 213 cm³/mol. The van der Waals surface area contributed by atoms with Gasteiger partial charge in [-0.25, -0.2) is 19.0 Å². The van der Waals surface area contributed by atoms with Gasteiger partial charge in [0, 0.05) is 48.6 Å². The zero-order valence-corrected chi connectivity index (χ0v) is 33.0. The first-order valence-corrected chi connectivity index (χ1v) is 19.5. The Hall–Kier alpha value is -6.77. The summed E-state index contributed by atoms with van der Waals surface area (Å²) in [6.45, 7) is 2.18. The molecular weight excluding hydrogens is 799 g/mol. The number of aliphatic hydroxyl groups is 1. The van der Waals surface area contributed by atoms with Gasteiger partial charge >= 0.3 is 12.1 Å². The minimum absolute atomic E-state index is 0.0150. The average molecular weight is 843 g/mol. The maximum atomic E-state index is 15.9. The summed E-state index contributed by atoms with van der Waals surface area (Å²) in [5, 5.41) is 32.1. The molecule has 5 heterocycles. The molecule has 1 saturated heterocycles. The number of nitrogens with one attached hydrogen (secondary N) is 5. The van der Waals surface area contributed by atoms with Gasteiger partial charge in [-0.15, -0.1) is 0 Å². The number of morpholine rings is 1. The minimum Gasteiger partial charge on any atom is -0.465 e. The number of amides is 5. The van der Waals surface area contributed by atoms with E-state index in [0.717, 1.165) is 11.6 Å². The molecule has 0 radical (unpaired) electrons. The summed E-state index contributed by atoms with van der Waals surface area (Å²) in [4.78, 5) is 95.5. The Bertz CT molecular complexity index is 2490. The third-order valence-corrected chi connectivity index (χ3v) is 10.9. The first-order chi connectivity index (χ1) is 29.2. The highest BCUT2D eigenvalue weighted by Gasteiger charge is 2.45. The molecule has 61 heavy (non-hydrogen) atoms. The van der Waals surface area contributed by atoms with Crippen LogP contribution >= 0.6 is 0 Å². The van der Waals surface area contributed by atoms with Gasteiger partial charge in [0.15, 0.2) is 5.60 Å². The van der Waals surface area contributed by atoms with Crippen LogP contribution < -0.4 is 32.1 Å². The van der Waals surface area contributed by atoms with Crippen molar-refractivity contribution >= 4 is 52.3 Å². The first kappa shape index (κ1) is 42.4. The normalized spacial score (nSPS) is 17.3. The van der Waals surface area contributed by atoms with Crippen LogP contribution in [0.25, 0.3) is 22.3 Å². The number of aromatic nitrogens is 2. The Morgan fingerprint density at radius 3 is 2.38 bits per heavy atom. The molecule has 5 amide bonds. The number of anilines is 1. The van der Waals surface area contributed by atoms with Gasteiger partial charge in [-0.05, 0) is 29.7 Å². The van der Waals surface area contributed by atoms with Crippen molar-refractivity contribution < 1.29 is 52.8 Å². The number of ether oxygens (including phenoxy) is 2. The lowest BCUT2D eigenvalue weighted by Crippen LogP contribution is -2.52. The maximum absolute atomic E-state index is 15.9. The Labute approximate surface area is 346 Å². The predicted octanol–water partition coefficient (Wildman–Crippen LogP) is 0.217. The molecular formula is C41H43FN8O11. The van der Waals surface area contributed by atoms with Crippen LogP contribution in [-0.4, -0.2) is 112 Å². The van der Waals surface area contributed by atoms with Crippen LogP contribution in [0.3, 0.4) is 0 Å². The van der Waals surface area contributed by atoms with Gasteiger partial charge in [0.1, 0.15) is 18.5 Å². The number of nitrogens with zero attached hydrogens (tertiary/aromatic N) is 3. The first-order valence-electron chi connectivity index (χ1n) is 19.5. The fourth-order valence-corrected chi connectivity index (χ4v) is 7.63. The number of pyridine rings is 2. The van der Waals surface area contributed by atoms with E-state index in [-0.39, 0.29) is 48.3 Å². The molecule has 0 bridgehead atoms. The van der Waals surface area contributed by atoms with E-state index in [1.54, 1.807) is 43.3 Å². The van der Waals surface area contributed by atoms with E-state index in [2.05, 4.69) is 26.2 Å². The van der Waals surface area contributed by atoms with Crippen molar-refractivity contribution in [3.63, 3.8) is 0 Å². The van der Waals surface area contributed by atoms with Crippen molar-refractivity contribution in [2.75, 3.05) is 51.3 Å². The van der Waals surface area contributed by atoms with Gasteiger partial charge in [0.2, 0.25) is 23.6 Å². The van der Waals surface area contributed by atoms with Crippen molar-refractivity contribution in [1.29, 1.82) is 0 Å². The number of carboxylic acid groups (broad SMARTS) is 1. The van der Waals surface area contributed by atoms with Crippen LogP contribution in [0.4, 0.5) is 14.9 Å². The van der Waals surface area contributed by atoms with E-state index < -0.39 is 78.3 Å². The summed E-state index contributed by atoms with van der Waals surface area (Å²) in [7, 11) is 0. The van der Waals surface area contributed by atoms with Crippen LogP contribution in [0, 0.1) is 5.82 Å². The third-order valence-electron chi connectivity index (χ3n) is 10.9. The Balaban J connectivity index is 1.12. The molecule has 4 aromatic rings. The van der Waals surface area contributed by atoms with Gasteiger partial charge in [0.25, 0.3) is 5.56 Å². The average Bonchev–Trinajstić information content (AvgIpc) is 3.62. The van der Waals surface area contributed by atoms with Gasteiger partial charge in [-0.3, -0.25) is 28.9 Å². The molecule has 320 valence electrons. The molecule has 2 aromatic carbocycles. The highest BCUT2D eigenvalue weighted by molar-refractivity contribution is 5.99. The van der Waals surface area contributed by atoms with Crippen molar-refractivity contribution in [2.45, 2.75) is 51.1 Å². The summed E-state index contributed by atoms with van der Waals surface area (Å²) >= 11 is 0. The lowest BCUT2D eigenvalue weighted by molar-refractivity contribution is -0.172. The standard InChI is InChI=1S/C41H43FN8O11/c1-2-41(59)27-14-32-36-25(20-50(32)38(55)26(27)21-61-39(41)56)24(19-49-8-10-60-11-9-49)23-13-30(28(42)15-29(23)48-36)46-35(53)18-44-37(54)31(12-22-6-4-3-5-7-22)47-34(52)17-43-33(51)16-45-40(57)58/h3-7,13-15,31,45,59H,2,8-12,16-21H2,1H3,(H,43,51)(H,44,54)(H,46,53)(H,47,52)(H,57,58)/t31?,41-/m0/s1. The summed E-state index contributed by atoms with van der Waals surface area (Å²) in [5.74, 6) is -4.75. The number of hydrogen-bond donors (Lipinski definition) is 7. The number of hydrogen-bond acceptors (Lipinski definition) is 12. The van der Waals surface area contributed by atoms with Gasteiger partial charge in [0.05, 0.1) is 67.5 Å². The summed E-state index contributed by atoms with van der Waals surface area (Å²) in [6.07, 6.45) is -1.44. The molecule has 19 nitrogen and oxygen atoms in total. The molecule has 1 unspecified atom stereocenters. The summed E-state index contributed by atoms with van der Waals surface area (Å²) in [6, 6.07) is 11.7. The van der Waals surface area contributed by atoms with Crippen molar-refractivity contribution in [3.8, 4) is 11.4 Å². The van der Waals surface area contributed by atoms with Crippen molar-refractivity contribution in [1.82, 2.24) is 35.7 Å². The largest absolute Gasteiger partial charge is 0.465 e. The zero-order chi connectivity index (χ0) is 43.4. The zero-order valence-electron chi connectivity index (χ0n) is 33.0. The molecule has 3 aliphatic heterocycles. The lowest BCUT2D eigenvalue weighted by atomic mass is 9.86. The van der Waals surface area contributed by atoms with Crippen LogP contribution in [-0.2, 0) is 65.2 Å². The summed E-state index contributed by atoms with van der Waals surface area (Å²) in [5.41, 5.74) is 0.665. The van der Waals surface area contributed by atoms with E-state index in [4.69, 9.17) is 19.6 Å². The molecule has 7 N–H and O–H groups in total. The number of halogens is 1. The van der Waals surface area contributed by atoms with Crippen LogP contribution in [0.2, 0.25) is 0 Å². The van der Waals surface area contributed by atoms with E-state index in [1.165, 1.54) is 10.6 Å². The monoisotopic (exact) mass is 842 g/mol. The SMILES string of the molecule is CC[C@@]1(O)C(=O)OCc2c1cc1n(c2=O)Cc2c-1nc1cc(F)c(NC(=O)CNC(=O)C(Cc3ccccc3)NC(=O)CNC(=O)CNC(=O)O)cc1c2CN1CCOCC1. The third kappa shape index (κ3) is 9.05. The van der Waals surface area contributed by atoms with E-state index in [1.807, 2.05) is 5.32 Å². The Kier molecular flexibility index (Phi) is 12.4. The number of rotatable bonds is 14. The van der Waals surface area contributed by atoms with E-state index >= 15 is 4.39 Å². The van der Waals surface area contributed by atoms with Crippen molar-refractivity contribution in [2.24, 2.45) is 0 Å². The Morgan fingerprint density at radius 2 is 1.66 bits per heavy atom. The van der Waals surface area contributed by atoms with Gasteiger partial charge < -0.3 is 50.8 Å². The number of benzene rings is 2. The van der Waals surface area contributed by atoms with Crippen LogP contribution in [0.5, 0.6) is 0 Å². The topological polar surface area (TPSA) is 260 Å². The number of carbonyl (C=O) groups excluding carboxylic acids is 5. The molecule has 2 atom stereocenters. The summed E-state index contributed by atoms with van der Waals surface area (Å²) < 4.78 is 28.2. The fraction of sp³-hybridized carbons (Fsp3) is 0.366. The second-order valence-corrected chi connectivity index (χ2v) is 14.8. The fourth-order valence-electron chi connectivity index (χ4n) is 7.63. The molecule has 1 fully saturated rings. The van der Waals surface area contributed by atoms with Gasteiger partial charge in [-0.2, -0.15) is 0 Å². The lowest BCUT2D eigenvalue weighted by Gasteiger charge is -2.31. The molecule has 7 rings (SSSR count).